The zero-order valence-electron chi connectivity index (χ0n) is 12.1. The van der Waals surface area contributed by atoms with Gasteiger partial charge in [0.25, 0.3) is 0 Å². The van der Waals surface area contributed by atoms with E-state index < -0.39 is 29.8 Å². The zero-order chi connectivity index (χ0) is 16.0. The molecule has 116 valence electrons. The summed E-state index contributed by atoms with van der Waals surface area (Å²) in [6.45, 7) is 3.55. The van der Waals surface area contributed by atoms with E-state index in [2.05, 4.69) is 5.32 Å². The third-order valence-electron chi connectivity index (χ3n) is 2.83. The first-order chi connectivity index (χ1) is 9.90. The Labute approximate surface area is 121 Å². The highest BCUT2D eigenvalue weighted by atomic mass is 19.1. The summed E-state index contributed by atoms with van der Waals surface area (Å²) in [6.07, 6.45) is -0.792. The van der Waals surface area contributed by atoms with Gasteiger partial charge in [0.1, 0.15) is 6.10 Å². The number of rotatable bonds is 7. The molecule has 1 aromatic carbocycles. The fourth-order valence-corrected chi connectivity index (χ4v) is 1.74. The second kappa shape index (κ2) is 7.58. The Balaban J connectivity index is 2.95. The van der Waals surface area contributed by atoms with E-state index in [0.717, 1.165) is 6.07 Å². The summed E-state index contributed by atoms with van der Waals surface area (Å²) < 4.78 is 23.5. The maximum atomic E-state index is 13.6. The molecule has 0 aromatic heterocycles. The highest BCUT2D eigenvalue weighted by Crippen LogP contribution is 2.22. The van der Waals surface area contributed by atoms with E-state index in [1.54, 1.807) is 6.92 Å². The maximum absolute atomic E-state index is 13.6. The van der Waals surface area contributed by atoms with Crippen LogP contribution in [0.1, 0.15) is 25.5 Å². The number of carboxylic acids is 1. The van der Waals surface area contributed by atoms with Gasteiger partial charge in [-0.3, -0.25) is 4.79 Å². The van der Waals surface area contributed by atoms with Gasteiger partial charge in [0.2, 0.25) is 5.91 Å². The van der Waals surface area contributed by atoms with Crippen LogP contribution in [0.4, 0.5) is 4.39 Å². The van der Waals surface area contributed by atoms with Crippen LogP contribution in [0, 0.1) is 5.82 Å². The molecule has 0 bridgehead atoms. The van der Waals surface area contributed by atoms with Gasteiger partial charge >= 0.3 is 5.97 Å². The van der Waals surface area contributed by atoms with E-state index in [4.69, 9.17) is 9.47 Å². The molecular weight excluding hydrogens is 281 g/mol. The first-order valence-corrected chi connectivity index (χ1v) is 6.38. The predicted octanol–water partition coefficient (Wildman–Crippen LogP) is 1.50. The van der Waals surface area contributed by atoms with Gasteiger partial charge in [-0.1, -0.05) is 6.07 Å². The molecule has 0 fully saturated rings. The van der Waals surface area contributed by atoms with Gasteiger partial charge in [0, 0.05) is 6.61 Å². The third-order valence-corrected chi connectivity index (χ3v) is 2.83. The Kier molecular flexibility index (Phi) is 6.10. The quantitative estimate of drug-likeness (QED) is 0.797. The van der Waals surface area contributed by atoms with Crippen LogP contribution in [-0.2, 0) is 14.3 Å². The van der Waals surface area contributed by atoms with E-state index in [1.165, 1.54) is 26.2 Å². The third kappa shape index (κ3) is 4.42. The van der Waals surface area contributed by atoms with Crippen molar-refractivity contribution in [3.63, 3.8) is 0 Å². The van der Waals surface area contributed by atoms with Crippen LogP contribution >= 0.6 is 0 Å². The van der Waals surface area contributed by atoms with Crippen molar-refractivity contribution in [1.82, 2.24) is 5.32 Å². The van der Waals surface area contributed by atoms with Crippen LogP contribution in [0.3, 0.4) is 0 Å². The van der Waals surface area contributed by atoms with Gasteiger partial charge in [0.15, 0.2) is 17.6 Å². The number of halogens is 1. The molecule has 2 N–H and O–H groups in total. The summed E-state index contributed by atoms with van der Waals surface area (Å²) in [4.78, 5) is 23.1. The number of carbonyl (C=O) groups excluding carboxylic acids is 1. The Hall–Kier alpha value is -2.15. The van der Waals surface area contributed by atoms with Crippen LogP contribution < -0.4 is 10.1 Å². The normalized spacial score (nSPS) is 13.3. The number of nitrogens with one attached hydrogen (secondary N) is 1. The van der Waals surface area contributed by atoms with Crippen molar-refractivity contribution in [2.75, 3.05) is 13.7 Å². The van der Waals surface area contributed by atoms with Crippen molar-refractivity contribution >= 4 is 11.9 Å². The Bertz CT molecular complexity index is 520. The van der Waals surface area contributed by atoms with Crippen molar-refractivity contribution in [1.29, 1.82) is 0 Å². The van der Waals surface area contributed by atoms with Crippen molar-refractivity contribution in [2.45, 2.75) is 26.0 Å². The number of carbonyl (C=O) groups is 2. The average molecular weight is 299 g/mol. The highest BCUT2D eigenvalue weighted by Gasteiger charge is 2.25. The van der Waals surface area contributed by atoms with Gasteiger partial charge in [-0.15, -0.1) is 0 Å². The lowest BCUT2D eigenvalue weighted by atomic mass is 10.1. The Morgan fingerprint density at radius 1 is 1.43 bits per heavy atom. The van der Waals surface area contributed by atoms with E-state index in [9.17, 15) is 19.1 Å². The molecule has 1 amide bonds. The molecule has 0 aliphatic carbocycles. The molecule has 0 saturated heterocycles. The van der Waals surface area contributed by atoms with Gasteiger partial charge < -0.3 is 19.9 Å². The summed E-state index contributed by atoms with van der Waals surface area (Å²) in [7, 11) is 1.30. The van der Waals surface area contributed by atoms with Crippen molar-refractivity contribution in [3.8, 4) is 5.75 Å². The molecule has 6 nitrogen and oxygen atoms in total. The predicted molar refractivity (Wildman–Crippen MR) is 72.6 cm³/mol. The van der Waals surface area contributed by atoms with E-state index in [-0.39, 0.29) is 11.3 Å². The van der Waals surface area contributed by atoms with Crippen LogP contribution in [0.25, 0.3) is 0 Å². The number of benzene rings is 1. The lowest BCUT2D eigenvalue weighted by Crippen LogP contribution is -2.40. The second-order valence-corrected chi connectivity index (χ2v) is 4.27. The Morgan fingerprint density at radius 2 is 2.10 bits per heavy atom. The minimum Gasteiger partial charge on any atom is -0.494 e. The fourth-order valence-electron chi connectivity index (χ4n) is 1.74. The molecule has 0 heterocycles. The van der Waals surface area contributed by atoms with Gasteiger partial charge in [0.05, 0.1) is 7.11 Å². The zero-order valence-corrected chi connectivity index (χ0v) is 12.1. The molecule has 1 rings (SSSR count). The number of methoxy groups -OCH3 is 1. The first-order valence-electron chi connectivity index (χ1n) is 6.38. The highest BCUT2D eigenvalue weighted by molar-refractivity contribution is 5.86. The molecule has 1 aromatic rings. The van der Waals surface area contributed by atoms with E-state index in [1.807, 2.05) is 0 Å². The Morgan fingerprint density at radius 3 is 2.57 bits per heavy atom. The molecule has 0 aliphatic rings. The summed E-state index contributed by atoms with van der Waals surface area (Å²) >= 11 is 0. The van der Waals surface area contributed by atoms with E-state index in [0.29, 0.717) is 6.61 Å². The monoisotopic (exact) mass is 299 g/mol. The molecule has 7 heteroatoms. The number of amides is 1. The van der Waals surface area contributed by atoms with Gasteiger partial charge in [-0.25, -0.2) is 9.18 Å². The molecule has 2 unspecified atom stereocenters. The minimum atomic E-state index is -1.36. The largest absolute Gasteiger partial charge is 0.494 e. The molecule has 21 heavy (non-hydrogen) atoms. The van der Waals surface area contributed by atoms with E-state index >= 15 is 0 Å². The van der Waals surface area contributed by atoms with Crippen molar-refractivity contribution in [2.24, 2.45) is 0 Å². The standard InChI is InChI=1S/C14H18FNO5/c1-4-21-8(2)13(17)16-12(14(18)19)9-5-6-11(20-3)10(15)7-9/h5-8,12H,4H2,1-3H3,(H,16,17)(H,18,19). The number of hydrogen-bond acceptors (Lipinski definition) is 4. The number of ether oxygens (including phenoxy) is 2. The van der Waals surface area contributed by atoms with Crippen LogP contribution in [0.15, 0.2) is 18.2 Å². The number of carboxylic acid groups (broad SMARTS) is 1. The van der Waals surface area contributed by atoms with Crippen LogP contribution in [-0.4, -0.2) is 36.8 Å². The van der Waals surface area contributed by atoms with Crippen LogP contribution in [0.5, 0.6) is 5.75 Å². The summed E-state index contributed by atoms with van der Waals surface area (Å²) in [5, 5.41) is 11.5. The van der Waals surface area contributed by atoms with Crippen molar-refractivity contribution < 1.29 is 28.6 Å². The van der Waals surface area contributed by atoms with Gasteiger partial charge in [-0.05, 0) is 31.5 Å². The van der Waals surface area contributed by atoms with Gasteiger partial charge in [-0.2, -0.15) is 0 Å². The van der Waals surface area contributed by atoms with Crippen molar-refractivity contribution in [3.05, 3.63) is 29.6 Å². The minimum absolute atomic E-state index is 0.00287. The maximum Gasteiger partial charge on any atom is 0.330 e. The molecule has 0 saturated carbocycles. The van der Waals surface area contributed by atoms with Crippen LogP contribution in [0.2, 0.25) is 0 Å². The molecule has 2 atom stereocenters. The summed E-state index contributed by atoms with van der Waals surface area (Å²) in [5.74, 6) is -2.58. The molecular formula is C14H18FNO5. The molecule has 0 radical (unpaired) electrons. The summed E-state index contributed by atoms with van der Waals surface area (Å²) in [6, 6.07) is 2.34. The molecule has 0 aliphatic heterocycles. The fraction of sp³-hybridized carbons (Fsp3) is 0.429. The lowest BCUT2D eigenvalue weighted by molar-refractivity contribution is -0.144. The summed E-state index contributed by atoms with van der Waals surface area (Å²) in [5.41, 5.74) is 0.109. The smallest absolute Gasteiger partial charge is 0.330 e. The first kappa shape index (κ1) is 16.9. The lowest BCUT2D eigenvalue weighted by Gasteiger charge is -2.18. The SMILES string of the molecule is CCOC(C)C(=O)NC(C(=O)O)c1ccc(OC)c(F)c1. The topological polar surface area (TPSA) is 84.9 Å². The number of aliphatic carboxylic acids is 1. The second-order valence-electron chi connectivity index (χ2n) is 4.27. The number of hydrogen-bond donors (Lipinski definition) is 2. The average Bonchev–Trinajstić information content (AvgIpc) is 2.44. The molecule has 0 spiro atoms.